The van der Waals surface area contributed by atoms with Crippen LogP contribution < -0.4 is 0 Å². The average molecular weight is 240 g/mol. The van der Waals surface area contributed by atoms with Crippen LogP contribution in [0.3, 0.4) is 0 Å². The predicted octanol–water partition coefficient (Wildman–Crippen LogP) is 1.23. The molecule has 0 aromatic heterocycles. The summed E-state index contributed by atoms with van der Waals surface area (Å²) < 4.78 is 4.64. The van der Waals surface area contributed by atoms with Gasteiger partial charge in [0.25, 0.3) is 0 Å². The molecule has 17 heavy (non-hydrogen) atoms. The molecule has 0 aliphatic carbocycles. The Morgan fingerprint density at radius 1 is 1.41 bits per heavy atom. The number of Topliss-reactive ketones (excluding diaryl/α,β-unsaturated/α-hetero) is 1. The Bertz CT molecular complexity index is 296. The van der Waals surface area contributed by atoms with Crippen molar-refractivity contribution in [2.24, 2.45) is 11.0 Å². The maximum absolute atomic E-state index is 11.4. The lowest BCUT2D eigenvalue weighted by atomic mass is 10.1. The van der Waals surface area contributed by atoms with Crippen LogP contribution in [0, 0.1) is 5.92 Å². The summed E-state index contributed by atoms with van der Waals surface area (Å²) in [6.07, 6.45) is 4.25. The van der Waals surface area contributed by atoms with Crippen molar-refractivity contribution in [2.75, 3.05) is 19.7 Å². The lowest BCUT2D eigenvalue weighted by Crippen LogP contribution is -2.20. The fourth-order valence-corrected chi connectivity index (χ4v) is 1.66. The average Bonchev–Trinajstić information content (AvgIpc) is 2.79. The number of carbonyl (C=O) groups is 2. The summed E-state index contributed by atoms with van der Waals surface area (Å²) in [6, 6.07) is 0. The smallest absolute Gasteiger partial charge is 0.374 e. The van der Waals surface area contributed by atoms with Gasteiger partial charge in [0, 0.05) is 31.6 Å². The van der Waals surface area contributed by atoms with E-state index >= 15 is 0 Å². The second-order valence-corrected chi connectivity index (χ2v) is 4.25. The van der Waals surface area contributed by atoms with Crippen molar-refractivity contribution in [3.8, 4) is 0 Å². The third-order valence-corrected chi connectivity index (χ3v) is 2.58. The van der Waals surface area contributed by atoms with Crippen LogP contribution in [0.4, 0.5) is 0 Å². The maximum Gasteiger partial charge on any atom is 0.374 e. The molecule has 1 aliphatic heterocycles. The van der Waals surface area contributed by atoms with E-state index in [1.165, 1.54) is 12.8 Å². The SMILES string of the molecule is CCOC(=O)C(=O)C[C@@H](C)/C=N/N1CCCC1. The monoisotopic (exact) mass is 240 g/mol. The van der Waals surface area contributed by atoms with E-state index in [4.69, 9.17) is 0 Å². The number of hydrogen-bond acceptors (Lipinski definition) is 5. The second-order valence-electron chi connectivity index (χ2n) is 4.25. The predicted molar refractivity (Wildman–Crippen MR) is 64.7 cm³/mol. The standard InChI is InChI=1S/C12H20N2O3/c1-3-17-12(16)11(15)8-10(2)9-13-14-6-4-5-7-14/h9-10H,3-8H2,1-2H3/b13-9+/t10-/m1/s1. The van der Waals surface area contributed by atoms with Gasteiger partial charge in [0.15, 0.2) is 0 Å². The minimum Gasteiger partial charge on any atom is -0.460 e. The van der Waals surface area contributed by atoms with Crippen LogP contribution in [0.15, 0.2) is 5.10 Å². The molecule has 0 bridgehead atoms. The first-order valence-corrected chi connectivity index (χ1v) is 6.12. The molecule has 0 unspecified atom stereocenters. The summed E-state index contributed by atoms with van der Waals surface area (Å²) in [4.78, 5) is 22.5. The fourth-order valence-electron chi connectivity index (χ4n) is 1.66. The summed E-state index contributed by atoms with van der Waals surface area (Å²) in [6.45, 7) is 5.76. The molecule has 1 rings (SSSR count). The molecule has 0 saturated carbocycles. The number of ether oxygens (including phenoxy) is 1. The minimum absolute atomic E-state index is 0.0347. The van der Waals surface area contributed by atoms with Crippen LogP contribution >= 0.6 is 0 Å². The molecule has 1 heterocycles. The Morgan fingerprint density at radius 2 is 2.06 bits per heavy atom. The lowest BCUT2D eigenvalue weighted by Gasteiger charge is -2.10. The minimum atomic E-state index is -0.742. The van der Waals surface area contributed by atoms with Crippen LogP contribution in [0.5, 0.6) is 0 Å². The highest BCUT2D eigenvalue weighted by Crippen LogP contribution is 2.08. The van der Waals surface area contributed by atoms with E-state index in [1.807, 2.05) is 11.9 Å². The van der Waals surface area contributed by atoms with Crippen molar-refractivity contribution in [2.45, 2.75) is 33.1 Å². The van der Waals surface area contributed by atoms with Gasteiger partial charge in [-0.15, -0.1) is 0 Å². The number of carbonyl (C=O) groups excluding carboxylic acids is 2. The summed E-state index contributed by atoms with van der Waals surface area (Å²) in [5.41, 5.74) is 0. The van der Waals surface area contributed by atoms with Gasteiger partial charge in [0.1, 0.15) is 0 Å². The number of ketones is 1. The molecule has 0 aromatic rings. The van der Waals surface area contributed by atoms with Crippen molar-refractivity contribution in [1.29, 1.82) is 0 Å². The number of esters is 1. The van der Waals surface area contributed by atoms with Gasteiger partial charge < -0.3 is 4.74 Å². The van der Waals surface area contributed by atoms with Crippen LogP contribution in [-0.2, 0) is 14.3 Å². The second kappa shape index (κ2) is 7.04. The van der Waals surface area contributed by atoms with Crippen LogP contribution in [0.25, 0.3) is 0 Å². The lowest BCUT2D eigenvalue weighted by molar-refractivity contribution is -0.153. The van der Waals surface area contributed by atoms with Crippen molar-refractivity contribution in [3.05, 3.63) is 0 Å². The summed E-state index contributed by atoms with van der Waals surface area (Å²) in [7, 11) is 0. The fraction of sp³-hybridized carbons (Fsp3) is 0.750. The zero-order chi connectivity index (χ0) is 12.7. The van der Waals surface area contributed by atoms with Gasteiger partial charge in [-0.3, -0.25) is 9.80 Å². The highest BCUT2D eigenvalue weighted by atomic mass is 16.5. The topological polar surface area (TPSA) is 59.0 Å². The van der Waals surface area contributed by atoms with E-state index in [0.29, 0.717) is 0 Å². The summed E-state index contributed by atoms with van der Waals surface area (Å²) >= 11 is 0. The Morgan fingerprint density at radius 3 is 2.65 bits per heavy atom. The van der Waals surface area contributed by atoms with Gasteiger partial charge in [0.2, 0.25) is 5.78 Å². The van der Waals surface area contributed by atoms with Crippen LogP contribution in [-0.4, -0.2) is 42.7 Å². The molecule has 0 aromatic carbocycles. The van der Waals surface area contributed by atoms with Crippen molar-refractivity contribution < 1.29 is 14.3 Å². The van der Waals surface area contributed by atoms with Crippen molar-refractivity contribution >= 4 is 18.0 Å². The quantitative estimate of drug-likeness (QED) is 0.398. The molecule has 0 radical (unpaired) electrons. The zero-order valence-corrected chi connectivity index (χ0v) is 10.5. The molecule has 1 fully saturated rings. The molecule has 0 spiro atoms. The first-order valence-electron chi connectivity index (χ1n) is 6.12. The maximum atomic E-state index is 11.4. The Labute approximate surface area is 102 Å². The van der Waals surface area contributed by atoms with Gasteiger partial charge in [-0.2, -0.15) is 5.10 Å². The van der Waals surface area contributed by atoms with E-state index in [-0.39, 0.29) is 18.9 Å². The molecule has 1 atom stereocenters. The Kier molecular flexibility index (Phi) is 5.66. The number of hydrogen-bond donors (Lipinski definition) is 0. The summed E-state index contributed by atoms with van der Waals surface area (Å²) in [5.74, 6) is -1.26. The molecular formula is C12H20N2O3. The Balaban J connectivity index is 2.30. The Hall–Kier alpha value is -1.39. The van der Waals surface area contributed by atoms with Gasteiger partial charge in [-0.05, 0) is 19.8 Å². The van der Waals surface area contributed by atoms with Crippen molar-refractivity contribution in [3.63, 3.8) is 0 Å². The van der Waals surface area contributed by atoms with Gasteiger partial charge in [-0.1, -0.05) is 6.92 Å². The van der Waals surface area contributed by atoms with Gasteiger partial charge in [0.05, 0.1) is 6.61 Å². The largest absolute Gasteiger partial charge is 0.460 e. The molecule has 0 amide bonds. The molecular weight excluding hydrogens is 220 g/mol. The molecule has 96 valence electrons. The number of hydrazone groups is 1. The van der Waals surface area contributed by atoms with Gasteiger partial charge >= 0.3 is 5.97 Å². The van der Waals surface area contributed by atoms with E-state index in [2.05, 4.69) is 9.84 Å². The summed E-state index contributed by atoms with van der Waals surface area (Å²) in [5, 5.41) is 6.28. The normalized spacial score (nSPS) is 17.4. The van der Waals surface area contributed by atoms with Crippen LogP contribution in [0.1, 0.15) is 33.1 Å². The third kappa shape index (κ3) is 4.97. The molecule has 1 saturated heterocycles. The first-order chi connectivity index (χ1) is 8.13. The number of rotatable bonds is 6. The number of nitrogens with zero attached hydrogens (tertiary/aromatic N) is 2. The third-order valence-electron chi connectivity index (χ3n) is 2.58. The van der Waals surface area contributed by atoms with E-state index in [0.717, 1.165) is 13.1 Å². The van der Waals surface area contributed by atoms with Crippen LogP contribution in [0.2, 0.25) is 0 Å². The van der Waals surface area contributed by atoms with Gasteiger partial charge in [-0.25, -0.2) is 4.79 Å². The molecule has 5 nitrogen and oxygen atoms in total. The molecule has 1 aliphatic rings. The van der Waals surface area contributed by atoms with E-state index in [1.54, 1.807) is 13.1 Å². The first kappa shape index (κ1) is 13.7. The molecule has 0 N–H and O–H groups in total. The van der Waals surface area contributed by atoms with E-state index < -0.39 is 11.8 Å². The highest BCUT2D eigenvalue weighted by molar-refractivity contribution is 6.33. The van der Waals surface area contributed by atoms with E-state index in [9.17, 15) is 9.59 Å². The van der Waals surface area contributed by atoms with Crippen molar-refractivity contribution in [1.82, 2.24) is 5.01 Å². The zero-order valence-electron chi connectivity index (χ0n) is 10.5. The molecule has 5 heteroatoms. The highest BCUT2D eigenvalue weighted by Gasteiger charge is 2.17.